The van der Waals surface area contributed by atoms with E-state index in [0.29, 0.717) is 11.4 Å². The molecular weight excluding hydrogens is 767 g/mol. The van der Waals surface area contributed by atoms with Crippen LogP contribution in [0.15, 0.2) is 170 Å². The number of fused-ring (bicyclic) bond motifs is 4. The molecule has 10 rings (SSSR count). The Kier molecular flexibility index (Phi) is 9.41. The molecule has 2 heterocycles. The van der Waals surface area contributed by atoms with Gasteiger partial charge >= 0.3 is 0 Å². The minimum absolute atomic E-state index is 0.0707. The quantitative estimate of drug-likeness (QED) is 0.182. The summed E-state index contributed by atoms with van der Waals surface area (Å²) >= 11 is 0. The van der Waals surface area contributed by atoms with Gasteiger partial charge in [0, 0.05) is 28.3 Å². The molecule has 1 aliphatic rings. The van der Waals surface area contributed by atoms with Crippen LogP contribution in [0.2, 0.25) is 0 Å². The van der Waals surface area contributed by atoms with Gasteiger partial charge in [-0.2, -0.15) is 0 Å². The molecule has 1 N–H and O–H groups in total. The van der Waals surface area contributed by atoms with Gasteiger partial charge in [-0.05, 0) is 121 Å². The fourth-order valence-electron chi connectivity index (χ4n) is 9.48. The van der Waals surface area contributed by atoms with E-state index in [1.807, 2.05) is 18.3 Å². The molecule has 4 nitrogen and oxygen atoms in total. The Morgan fingerprint density at radius 1 is 0.476 bits per heavy atom. The van der Waals surface area contributed by atoms with Crippen molar-refractivity contribution in [3.8, 4) is 78.6 Å². The highest BCUT2D eigenvalue weighted by molar-refractivity contribution is 5.98. The number of hydrogen-bond donors (Lipinski definition) is 1. The highest BCUT2D eigenvalue weighted by atomic mass is 16.3. The normalized spacial score (nSPS) is 13.3. The number of pyridine rings is 1. The molecule has 0 unspecified atom stereocenters. The fourth-order valence-corrected chi connectivity index (χ4v) is 9.48. The van der Waals surface area contributed by atoms with Gasteiger partial charge in [-0.15, -0.1) is 0 Å². The van der Waals surface area contributed by atoms with Crippen LogP contribution in [0.25, 0.3) is 83.9 Å². The molecule has 0 spiro atoms. The lowest BCUT2D eigenvalue weighted by Crippen LogP contribution is -2.14. The molecule has 310 valence electrons. The predicted molar refractivity (Wildman–Crippen MR) is 263 cm³/mol. The van der Waals surface area contributed by atoms with Gasteiger partial charge in [0.2, 0.25) is 0 Å². The first-order valence-electron chi connectivity index (χ1n) is 22.0. The Hall–Kier alpha value is -7.04. The first-order valence-corrected chi connectivity index (χ1v) is 22.0. The topological polar surface area (TPSA) is 50.9 Å². The fraction of sp³-hybridized carbons (Fsp3) is 0.186. The monoisotopic (exact) mass is 819 g/mol. The summed E-state index contributed by atoms with van der Waals surface area (Å²) in [6.45, 7) is 18.1. The van der Waals surface area contributed by atoms with Crippen LogP contribution in [0.1, 0.15) is 77.6 Å². The molecule has 9 aromatic rings. The van der Waals surface area contributed by atoms with Gasteiger partial charge < -0.3 is 5.11 Å². The van der Waals surface area contributed by atoms with E-state index in [0.717, 1.165) is 72.5 Å². The standard InChI is InChI=1S/C59H53N3O/c1-57(2,3)42-26-27-52(46(34-42)38-20-13-10-14-21-38)62-53-25-17-23-44(55(53)61-56(62)48-35-47-45-22-15-16-24-49(45)59(7,8)50(47)36-54(48)63)40-30-41(32-43(31-40)58(4,5)6)51-33-39(28-29-60-51)37-18-11-9-12-19-37/h9-36,63H,1-8H3. The minimum Gasteiger partial charge on any atom is -0.507 e. The number of benzene rings is 7. The lowest BCUT2D eigenvalue weighted by Gasteiger charge is -2.23. The van der Waals surface area contributed by atoms with Crippen LogP contribution in [0.5, 0.6) is 5.75 Å². The molecule has 0 fully saturated rings. The van der Waals surface area contributed by atoms with Gasteiger partial charge in [0.15, 0.2) is 0 Å². The number of hydrogen-bond acceptors (Lipinski definition) is 3. The summed E-state index contributed by atoms with van der Waals surface area (Å²) in [5, 5.41) is 12.3. The van der Waals surface area contributed by atoms with Gasteiger partial charge in [-0.3, -0.25) is 9.55 Å². The number of aromatic nitrogens is 3. The smallest absolute Gasteiger partial charge is 0.149 e. The van der Waals surface area contributed by atoms with Gasteiger partial charge in [-0.1, -0.05) is 165 Å². The van der Waals surface area contributed by atoms with Crippen LogP contribution in [-0.2, 0) is 16.2 Å². The number of para-hydroxylation sites is 1. The van der Waals surface area contributed by atoms with Crippen LogP contribution >= 0.6 is 0 Å². The Morgan fingerprint density at radius 2 is 1.14 bits per heavy atom. The molecule has 0 amide bonds. The van der Waals surface area contributed by atoms with E-state index in [2.05, 4.69) is 212 Å². The number of phenols is 1. The summed E-state index contributed by atoms with van der Waals surface area (Å²) in [5.41, 5.74) is 18.7. The van der Waals surface area contributed by atoms with Crippen LogP contribution in [0, 0.1) is 0 Å². The van der Waals surface area contributed by atoms with E-state index in [-0.39, 0.29) is 22.0 Å². The predicted octanol–water partition coefficient (Wildman–Crippen LogP) is 15.4. The van der Waals surface area contributed by atoms with Crippen molar-refractivity contribution in [1.82, 2.24) is 14.5 Å². The molecule has 0 atom stereocenters. The van der Waals surface area contributed by atoms with E-state index in [9.17, 15) is 5.11 Å². The average molecular weight is 820 g/mol. The third kappa shape index (κ3) is 6.95. The zero-order valence-corrected chi connectivity index (χ0v) is 37.5. The summed E-state index contributed by atoms with van der Waals surface area (Å²) in [4.78, 5) is 10.6. The highest BCUT2D eigenvalue weighted by Crippen LogP contribution is 2.52. The van der Waals surface area contributed by atoms with E-state index >= 15 is 0 Å². The van der Waals surface area contributed by atoms with Gasteiger partial charge in [0.25, 0.3) is 0 Å². The number of imidazole rings is 1. The second-order valence-electron chi connectivity index (χ2n) is 19.7. The van der Waals surface area contributed by atoms with E-state index in [1.165, 1.54) is 22.3 Å². The average Bonchev–Trinajstić information content (AvgIpc) is 3.77. The molecule has 63 heavy (non-hydrogen) atoms. The number of phenolic OH excluding ortho intramolecular Hbond substituents is 1. The Labute approximate surface area is 371 Å². The molecule has 0 saturated heterocycles. The summed E-state index contributed by atoms with van der Waals surface area (Å²) < 4.78 is 2.28. The molecule has 0 saturated carbocycles. The third-order valence-corrected chi connectivity index (χ3v) is 13.1. The maximum Gasteiger partial charge on any atom is 0.149 e. The molecule has 1 aliphatic carbocycles. The van der Waals surface area contributed by atoms with Crippen molar-refractivity contribution in [3.63, 3.8) is 0 Å². The molecule has 7 aromatic carbocycles. The van der Waals surface area contributed by atoms with Crippen molar-refractivity contribution in [3.05, 3.63) is 192 Å². The Bertz CT molecular complexity index is 3210. The molecule has 0 radical (unpaired) electrons. The lowest BCUT2D eigenvalue weighted by molar-refractivity contribution is 0.474. The Balaban J connectivity index is 1.26. The molecule has 4 heteroatoms. The number of nitrogens with zero attached hydrogens (tertiary/aromatic N) is 3. The zero-order chi connectivity index (χ0) is 43.8. The lowest BCUT2D eigenvalue weighted by atomic mass is 9.82. The minimum atomic E-state index is -0.260. The molecule has 0 aliphatic heterocycles. The van der Waals surface area contributed by atoms with Gasteiger partial charge in [0.1, 0.15) is 11.6 Å². The molecule has 2 aromatic heterocycles. The van der Waals surface area contributed by atoms with Crippen molar-refractivity contribution in [1.29, 1.82) is 0 Å². The highest BCUT2D eigenvalue weighted by Gasteiger charge is 2.37. The zero-order valence-electron chi connectivity index (χ0n) is 37.5. The number of aromatic hydroxyl groups is 1. The second-order valence-corrected chi connectivity index (χ2v) is 19.7. The van der Waals surface area contributed by atoms with Crippen LogP contribution in [0.4, 0.5) is 0 Å². The van der Waals surface area contributed by atoms with Crippen LogP contribution in [-0.4, -0.2) is 19.6 Å². The first kappa shape index (κ1) is 40.1. The van der Waals surface area contributed by atoms with E-state index in [4.69, 9.17) is 9.97 Å². The maximum atomic E-state index is 12.3. The number of rotatable bonds is 6. The Morgan fingerprint density at radius 3 is 1.87 bits per heavy atom. The van der Waals surface area contributed by atoms with Crippen molar-refractivity contribution in [2.24, 2.45) is 0 Å². The SMILES string of the molecule is CC(C)(C)c1cc(-c2cc(-c3ccccc3)ccn2)cc(-c2cccc3c2nc(-c2cc4c(cc2O)C(C)(C)c2ccccc2-4)n3-c2ccc(C(C)(C)C)cc2-c2ccccc2)c1. The van der Waals surface area contributed by atoms with Crippen molar-refractivity contribution < 1.29 is 5.11 Å². The third-order valence-electron chi connectivity index (χ3n) is 13.1. The van der Waals surface area contributed by atoms with Crippen molar-refractivity contribution in [2.45, 2.75) is 71.6 Å². The summed E-state index contributed by atoms with van der Waals surface area (Å²) in [5.74, 6) is 0.895. The van der Waals surface area contributed by atoms with Gasteiger partial charge in [0.05, 0.1) is 28.0 Å². The van der Waals surface area contributed by atoms with Crippen molar-refractivity contribution >= 4 is 11.0 Å². The summed E-state index contributed by atoms with van der Waals surface area (Å²) in [7, 11) is 0. The first-order chi connectivity index (χ1) is 30.2. The van der Waals surface area contributed by atoms with Crippen LogP contribution in [0.3, 0.4) is 0 Å². The van der Waals surface area contributed by atoms with E-state index in [1.54, 1.807) is 0 Å². The summed E-state index contributed by atoms with van der Waals surface area (Å²) in [6, 6.07) is 58.4. The summed E-state index contributed by atoms with van der Waals surface area (Å²) in [6.07, 6.45) is 1.91. The maximum absolute atomic E-state index is 12.3. The molecule has 0 bridgehead atoms. The largest absolute Gasteiger partial charge is 0.507 e. The van der Waals surface area contributed by atoms with E-state index < -0.39 is 0 Å². The van der Waals surface area contributed by atoms with Gasteiger partial charge in [-0.25, -0.2) is 4.98 Å². The molecular formula is C59H53N3O. The second kappa shape index (κ2) is 14.8. The van der Waals surface area contributed by atoms with Crippen molar-refractivity contribution in [2.75, 3.05) is 0 Å². The van der Waals surface area contributed by atoms with Crippen LogP contribution < -0.4 is 0 Å².